The van der Waals surface area contributed by atoms with Gasteiger partial charge in [-0.3, -0.25) is 4.79 Å². The molecule has 3 aliphatic rings. The molecule has 1 atom stereocenters. The second-order valence-electron chi connectivity index (χ2n) is 10.1. The van der Waals surface area contributed by atoms with Gasteiger partial charge in [-0.2, -0.15) is 0 Å². The number of amides is 1. The number of nitrogens with two attached hydrogens (primary N) is 2. The normalized spacial score (nSPS) is 21.7. The predicted octanol–water partition coefficient (Wildman–Crippen LogP) is 4.23. The molecule has 1 unspecified atom stereocenters. The third kappa shape index (κ3) is 5.81. The van der Waals surface area contributed by atoms with Gasteiger partial charge >= 0.3 is 0 Å². The van der Waals surface area contributed by atoms with Crippen LogP contribution < -0.4 is 11.5 Å². The Bertz CT molecular complexity index is 1000. The number of nitrogen functional groups attached to an aromatic ring is 1. The van der Waals surface area contributed by atoms with Crippen molar-refractivity contribution in [2.24, 2.45) is 22.6 Å². The van der Waals surface area contributed by atoms with Crippen LogP contribution in [0.15, 0.2) is 35.6 Å². The molecule has 1 aliphatic carbocycles. The lowest BCUT2D eigenvalue weighted by Crippen LogP contribution is -2.36. The Balaban J connectivity index is 0.000000231. The molecule has 7 nitrogen and oxygen atoms in total. The summed E-state index contributed by atoms with van der Waals surface area (Å²) in [7, 11) is 2.07. The lowest BCUT2D eigenvalue weighted by atomic mass is 9.83. The summed E-state index contributed by atoms with van der Waals surface area (Å²) in [5.74, 6) is 1.56. The van der Waals surface area contributed by atoms with E-state index >= 15 is 0 Å². The van der Waals surface area contributed by atoms with E-state index in [0.29, 0.717) is 11.7 Å². The van der Waals surface area contributed by atoms with Crippen LogP contribution in [0.3, 0.4) is 0 Å². The number of piperidine rings is 1. The summed E-state index contributed by atoms with van der Waals surface area (Å²) in [6.45, 7) is 4.22. The van der Waals surface area contributed by atoms with Crippen LogP contribution in [0.25, 0.3) is 0 Å². The molecule has 0 spiro atoms. The molecule has 0 radical (unpaired) electrons. The molecule has 1 aromatic heterocycles. The third-order valence-corrected chi connectivity index (χ3v) is 7.53. The lowest BCUT2D eigenvalue weighted by Gasteiger charge is -2.26. The summed E-state index contributed by atoms with van der Waals surface area (Å²) in [5.41, 5.74) is 16.6. The molecule has 1 saturated heterocycles. The first-order valence-corrected chi connectivity index (χ1v) is 12.7. The van der Waals surface area contributed by atoms with Crippen LogP contribution >= 0.6 is 0 Å². The van der Waals surface area contributed by atoms with Gasteiger partial charge < -0.3 is 16.4 Å². The molecule has 1 saturated carbocycles. The Morgan fingerprint density at radius 1 is 1.00 bits per heavy atom. The highest BCUT2D eigenvalue weighted by Crippen LogP contribution is 2.35. The number of hydrogen-bond donors (Lipinski definition) is 2. The minimum Gasteiger partial charge on any atom is -0.382 e. The molecule has 0 bridgehead atoms. The first kappa shape index (κ1) is 24.3. The highest BCUT2D eigenvalue weighted by atomic mass is 16.1. The number of likely N-dealkylation sites (tertiary alicyclic amines) is 1. The zero-order valence-corrected chi connectivity index (χ0v) is 20.5. The molecule has 5 rings (SSSR count). The molecule has 3 heterocycles. The standard InChI is InChI=1S/C20H24N4.C7H14N2O/c1-13-11-17-19(20(21)23-12-22-17)24-18(13)16-9-7-15(8-10-16)14-5-3-2-4-6-14;1-9-4-2-6(3-5-9)7(8)10/h7-10,12-14H,2-6,11H2,1H3,(H2,21,22,23);6H,2-5H2,1H3,(H2,8,10). The van der Waals surface area contributed by atoms with Crippen LogP contribution in [0, 0.1) is 11.8 Å². The van der Waals surface area contributed by atoms with Gasteiger partial charge in [-0.1, -0.05) is 50.5 Å². The number of anilines is 1. The van der Waals surface area contributed by atoms with Crippen LogP contribution in [0.5, 0.6) is 0 Å². The van der Waals surface area contributed by atoms with Crippen molar-refractivity contribution in [1.82, 2.24) is 14.9 Å². The van der Waals surface area contributed by atoms with Crippen molar-refractivity contribution in [3.63, 3.8) is 0 Å². The largest absolute Gasteiger partial charge is 0.382 e. The molecule has 2 fully saturated rings. The number of aliphatic imine (C=N–C) groups is 1. The fourth-order valence-corrected chi connectivity index (χ4v) is 5.32. The van der Waals surface area contributed by atoms with Crippen LogP contribution in [-0.4, -0.2) is 46.6 Å². The fraction of sp³-hybridized carbons (Fsp3) is 0.556. The maximum absolute atomic E-state index is 10.7. The van der Waals surface area contributed by atoms with Gasteiger partial charge in [0.05, 0.1) is 11.4 Å². The smallest absolute Gasteiger partial charge is 0.220 e. The average Bonchev–Trinajstić information content (AvgIpc) is 2.85. The molecular formula is C27H38N6O. The molecule has 182 valence electrons. The van der Waals surface area contributed by atoms with Crippen molar-refractivity contribution in [3.8, 4) is 0 Å². The molecular weight excluding hydrogens is 424 g/mol. The van der Waals surface area contributed by atoms with Crippen LogP contribution in [0.1, 0.15) is 74.6 Å². The molecule has 34 heavy (non-hydrogen) atoms. The van der Waals surface area contributed by atoms with Crippen molar-refractivity contribution >= 4 is 23.1 Å². The molecule has 2 aliphatic heterocycles. The van der Waals surface area contributed by atoms with E-state index in [0.717, 1.165) is 55.4 Å². The number of nitrogens with zero attached hydrogens (tertiary/aromatic N) is 4. The number of benzene rings is 1. The molecule has 1 amide bonds. The fourth-order valence-electron chi connectivity index (χ4n) is 5.32. The van der Waals surface area contributed by atoms with Gasteiger partial charge in [0.1, 0.15) is 12.0 Å². The van der Waals surface area contributed by atoms with E-state index in [-0.39, 0.29) is 11.8 Å². The van der Waals surface area contributed by atoms with E-state index in [1.165, 1.54) is 49.6 Å². The van der Waals surface area contributed by atoms with Crippen LogP contribution in [-0.2, 0) is 11.2 Å². The Kier molecular flexibility index (Phi) is 7.93. The first-order chi connectivity index (χ1) is 16.4. The van der Waals surface area contributed by atoms with E-state index in [4.69, 9.17) is 16.5 Å². The lowest BCUT2D eigenvalue weighted by molar-refractivity contribution is -0.123. The van der Waals surface area contributed by atoms with Gasteiger partial charge in [-0.15, -0.1) is 0 Å². The highest BCUT2D eigenvalue weighted by Gasteiger charge is 2.24. The number of aromatic nitrogens is 2. The zero-order chi connectivity index (χ0) is 24.1. The predicted molar refractivity (Wildman–Crippen MR) is 137 cm³/mol. The number of rotatable bonds is 3. The molecule has 1 aromatic carbocycles. The number of primary amides is 1. The number of fused-ring (bicyclic) bond motifs is 1. The maximum Gasteiger partial charge on any atom is 0.220 e. The van der Waals surface area contributed by atoms with Crippen molar-refractivity contribution in [2.75, 3.05) is 25.9 Å². The minimum absolute atomic E-state index is 0.131. The van der Waals surface area contributed by atoms with Crippen LogP contribution in [0.2, 0.25) is 0 Å². The van der Waals surface area contributed by atoms with Gasteiger partial charge in [0.2, 0.25) is 5.91 Å². The molecule has 2 aromatic rings. The average molecular weight is 463 g/mol. The summed E-state index contributed by atoms with van der Waals surface area (Å²) in [6, 6.07) is 9.04. The van der Waals surface area contributed by atoms with Crippen molar-refractivity contribution in [1.29, 1.82) is 0 Å². The number of carbonyl (C=O) groups excluding carboxylic acids is 1. The Morgan fingerprint density at radius 2 is 1.68 bits per heavy atom. The Hall–Kier alpha value is -2.80. The first-order valence-electron chi connectivity index (χ1n) is 12.7. The van der Waals surface area contributed by atoms with E-state index in [9.17, 15) is 4.79 Å². The second-order valence-corrected chi connectivity index (χ2v) is 10.1. The Morgan fingerprint density at radius 3 is 2.32 bits per heavy atom. The van der Waals surface area contributed by atoms with Gasteiger partial charge in [-0.05, 0) is 62.9 Å². The van der Waals surface area contributed by atoms with E-state index in [1.54, 1.807) is 0 Å². The quantitative estimate of drug-likeness (QED) is 0.709. The summed E-state index contributed by atoms with van der Waals surface area (Å²) >= 11 is 0. The monoisotopic (exact) mass is 462 g/mol. The zero-order valence-electron chi connectivity index (χ0n) is 20.5. The summed E-state index contributed by atoms with van der Waals surface area (Å²) < 4.78 is 0. The maximum atomic E-state index is 10.7. The van der Waals surface area contributed by atoms with Gasteiger partial charge in [-0.25, -0.2) is 15.0 Å². The summed E-state index contributed by atoms with van der Waals surface area (Å²) in [6.07, 6.45) is 11.1. The topological polar surface area (TPSA) is 110 Å². The van der Waals surface area contributed by atoms with Crippen LogP contribution in [0.4, 0.5) is 11.5 Å². The van der Waals surface area contributed by atoms with Gasteiger partial charge in [0.15, 0.2) is 5.82 Å². The van der Waals surface area contributed by atoms with E-state index in [1.807, 2.05) is 0 Å². The molecule has 7 heteroatoms. The summed E-state index contributed by atoms with van der Waals surface area (Å²) in [4.78, 5) is 26.1. The second kappa shape index (κ2) is 11.1. The Labute approximate surface area is 203 Å². The van der Waals surface area contributed by atoms with Gasteiger partial charge in [0.25, 0.3) is 0 Å². The third-order valence-electron chi connectivity index (χ3n) is 7.53. The van der Waals surface area contributed by atoms with E-state index in [2.05, 4.69) is 53.1 Å². The van der Waals surface area contributed by atoms with Crippen molar-refractivity contribution in [3.05, 3.63) is 47.4 Å². The van der Waals surface area contributed by atoms with Crippen molar-refractivity contribution < 1.29 is 4.79 Å². The number of carbonyl (C=O) groups is 1. The minimum atomic E-state index is -0.131. The van der Waals surface area contributed by atoms with Crippen molar-refractivity contribution in [2.45, 2.75) is 64.2 Å². The van der Waals surface area contributed by atoms with Gasteiger partial charge in [0, 0.05) is 18.3 Å². The number of hydrogen-bond acceptors (Lipinski definition) is 6. The highest BCUT2D eigenvalue weighted by molar-refractivity contribution is 6.05. The summed E-state index contributed by atoms with van der Waals surface area (Å²) in [5, 5.41) is 0. The molecule has 4 N–H and O–H groups in total. The van der Waals surface area contributed by atoms with E-state index < -0.39 is 0 Å². The SMILES string of the molecule is CC1Cc2ncnc(N)c2N=C1c1ccc(C2CCCCC2)cc1.CN1CCC(C(N)=O)CC1.